The van der Waals surface area contributed by atoms with Crippen molar-refractivity contribution in [3.8, 4) is 5.88 Å². The molecule has 18 heavy (non-hydrogen) atoms. The van der Waals surface area contributed by atoms with Crippen molar-refractivity contribution in [1.82, 2.24) is 14.5 Å². The number of pyridine rings is 1. The van der Waals surface area contributed by atoms with E-state index in [1.54, 1.807) is 20.3 Å². The third-order valence-corrected chi connectivity index (χ3v) is 2.75. The predicted molar refractivity (Wildman–Crippen MR) is 69.5 cm³/mol. The quantitative estimate of drug-likeness (QED) is 0.865. The van der Waals surface area contributed by atoms with Crippen LogP contribution < -0.4 is 10.5 Å². The number of fused-ring (bicyclic) bond motifs is 1. The van der Waals surface area contributed by atoms with Gasteiger partial charge in [0, 0.05) is 19.7 Å². The van der Waals surface area contributed by atoms with Gasteiger partial charge in [-0.1, -0.05) is 6.92 Å². The van der Waals surface area contributed by atoms with Gasteiger partial charge in [-0.05, 0) is 12.0 Å². The van der Waals surface area contributed by atoms with Crippen molar-refractivity contribution in [2.75, 3.05) is 26.6 Å². The number of imidazole rings is 1. The van der Waals surface area contributed by atoms with E-state index in [0.29, 0.717) is 24.4 Å². The van der Waals surface area contributed by atoms with Crippen LogP contribution in [0.3, 0.4) is 0 Å². The van der Waals surface area contributed by atoms with E-state index in [1.165, 1.54) is 0 Å². The van der Waals surface area contributed by atoms with Crippen LogP contribution >= 0.6 is 0 Å². The molecule has 0 saturated heterocycles. The molecule has 1 atom stereocenters. The standard InChI is InChI=1S/C12H18N4O2/c1-8(7-17-2)6-16-11-9(14-12(16)13)4-5-10(15-11)18-3/h4-5,8H,6-7H2,1-3H3,(H2,13,14). The SMILES string of the molecule is COCC(C)Cn1c(N)nc2ccc(OC)nc21. The Kier molecular flexibility index (Phi) is 3.66. The first-order valence-corrected chi connectivity index (χ1v) is 5.81. The van der Waals surface area contributed by atoms with Gasteiger partial charge < -0.3 is 15.2 Å². The van der Waals surface area contributed by atoms with Gasteiger partial charge in [0.05, 0.1) is 13.7 Å². The van der Waals surface area contributed by atoms with Crippen molar-refractivity contribution < 1.29 is 9.47 Å². The van der Waals surface area contributed by atoms with Crippen LogP contribution in [0.15, 0.2) is 12.1 Å². The number of aromatic nitrogens is 3. The maximum atomic E-state index is 5.92. The molecule has 6 nitrogen and oxygen atoms in total. The maximum absolute atomic E-state index is 5.92. The summed E-state index contributed by atoms with van der Waals surface area (Å²) < 4.78 is 12.1. The minimum Gasteiger partial charge on any atom is -0.481 e. The monoisotopic (exact) mass is 250 g/mol. The highest BCUT2D eigenvalue weighted by atomic mass is 16.5. The molecule has 2 rings (SSSR count). The molecule has 0 spiro atoms. The zero-order valence-electron chi connectivity index (χ0n) is 10.9. The molecule has 6 heteroatoms. The van der Waals surface area contributed by atoms with Crippen LogP contribution in [0.4, 0.5) is 5.95 Å². The number of anilines is 1. The largest absolute Gasteiger partial charge is 0.481 e. The van der Waals surface area contributed by atoms with E-state index in [9.17, 15) is 0 Å². The number of nitrogens with two attached hydrogens (primary N) is 1. The van der Waals surface area contributed by atoms with Crippen LogP contribution in [-0.2, 0) is 11.3 Å². The van der Waals surface area contributed by atoms with Crippen LogP contribution in [0.25, 0.3) is 11.2 Å². The summed E-state index contributed by atoms with van der Waals surface area (Å²) in [5, 5.41) is 0. The van der Waals surface area contributed by atoms with Gasteiger partial charge in [0.15, 0.2) is 5.65 Å². The van der Waals surface area contributed by atoms with Crippen LogP contribution in [0, 0.1) is 5.92 Å². The Morgan fingerprint density at radius 3 is 2.78 bits per heavy atom. The van der Waals surface area contributed by atoms with E-state index < -0.39 is 0 Å². The van der Waals surface area contributed by atoms with Gasteiger partial charge >= 0.3 is 0 Å². The first-order chi connectivity index (χ1) is 8.65. The maximum Gasteiger partial charge on any atom is 0.215 e. The average Bonchev–Trinajstić information content (AvgIpc) is 2.65. The highest BCUT2D eigenvalue weighted by Crippen LogP contribution is 2.20. The minimum atomic E-state index is 0.336. The number of hydrogen-bond acceptors (Lipinski definition) is 5. The molecule has 0 aliphatic heterocycles. The highest BCUT2D eigenvalue weighted by molar-refractivity contribution is 5.74. The Morgan fingerprint density at radius 1 is 1.33 bits per heavy atom. The summed E-state index contributed by atoms with van der Waals surface area (Å²) in [6.07, 6.45) is 0. The fourth-order valence-electron chi connectivity index (χ4n) is 1.94. The van der Waals surface area contributed by atoms with Gasteiger partial charge in [-0.2, -0.15) is 4.98 Å². The third-order valence-electron chi connectivity index (χ3n) is 2.75. The molecule has 98 valence electrons. The summed E-state index contributed by atoms with van der Waals surface area (Å²) in [7, 11) is 3.28. The fraction of sp³-hybridized carbons (Fsp3) is 0.500. The van der Waals surface area contributed by atoms with Gasteiger partial charge in [-0.15, -0.1) is 0 Å². The molecule has 0 aliphatic carbocycles. The first-order valence-electron chi connectivity index (χ1n) is 5.81. The fourth-order valence-corrected chi connectivity index (χ4v) is 1.94. The zero-order valence-corrected chi connectivity index (χ0v) is 10.9. The van der Waals surface area contributed by atoms with Crippen LogP contribution in [0.2, 0.25) is 0 Å². The predicted octanol–water partition coefficient (Wildman–Crippen LogP) is 1.30. The Morgan fingerprint density at radius 2 is 2.11 bits per heavy atom. The molecular weight excluding hydrogens is 232 g/mol. The van der Waals surface area contributed by atoms with E-state index in [-0.39, 0.29) is 0 Å². The molecule has 2 aromatic heterocycles. The summed E-state index contributed by atoms with van der Waals surface area (Å²) in [6, 6.07) is 3.63. The molecule has 0 saturated carbocycles. The topological polar surface area (TPSA) is 75.2 Å². The van der Waals surface area contributed by atoms with Crippen molar-refractivity contribution in [2.24, 2.45) is 5.92 Å². The highest BCUT2D eigenvalue weighted by Gasteiger charge is 2.13. The molecule has 0 radical (unpaired) electrons. The molecule has 2 heterocycles. The van der Waals surface area contributed by atoms with Crippen molar-refractivity contribution in [1.29, 1.82) is 0 Å². The Bertz CT molecular complexity index is 538. The number of methoxy groups -OCH3 is 2. The van der Waals surface area contributed by atoms with Gasteiger partial charge in [0.1, 0.15) is 5.52 Å². The number of rotatable bonds is 5. The number of hydrogen-bond donors (Lipinski definition) is 1. The molecule has 0 aromatic carbocycles. The van der Waals surface area contributed by atoms with E-state index >= 15 is 0 Å². The van der Waals surface area contributed by atoms with Crippen LogP contribution in [0.5, 0.6) is 5.88 Å². The average molecular weight is 250 g/mol. The lowest BCUT2D eigenvalue weighted by molar-refractivity contribution is 0.152. The van der Waals surface area contributed by atoms with E-state index in [1.807, 2.05) is 10.6 Å². The molecule has 0 bridgehead atoms. The summed E-state index contributed by atoms with van der Waals surface area (Å²) in [5.74, 6) is 1.36. The lowest BCUT2D eigenvalue weighted by atomic mass is 10.2. The van der Waals surface area contributed by atoms with Crippen LogP contribution in [-0.4, -0.2) is 35.4 Å². The van der Waals surface area contributed by atoms with E-state index in [4.69, 9.17) is 15.2 Å². The van der Waals surface area contributed by atoms with Crippen molar-refractivity contribution >= 4 is 17.1 Å². The number of nitrogen functional groups attached to an aromatic ring is 1. The normalized spacial score (nSPS) is 12.8. The molecule has 2 N–H and O–H groups in total. The molecule has 0 fully saturated rings. The third kappa shape index (κ3) is 2.38. The Labute approximate surface area is 106 Å². The van der Waals surface area contributed by atoms with Crippen molar-refractivity contribution in [3.05, 3.63) is 12.1 Å². The second-order valence-corrected chi connectivity index (χ2v) is 4.34. The van der Waals surface area contributed by atoms with E-state index in [0.717, 1.165) is 17.7 Å². The van der Waals surface area contributed by atoms with Gasteiger partial charge in [0.25, 0.3) is 0 Å². The van der Waals surface area contributed by atoms with Gasteiger partial charge in [-0.25, -0.2) is 4.98 Å². The van der Waals surface area contributed by atoms with Crippen molar-refractivity contribution in [2.45, 2.75) is 13.5 Å². The van der Waals surface area contributed by atoms with Crippen LogP contribution in [0.1, 0.15) is 6.92 Å². The molecule has 2 aromatic rings. The molecular formula is C12H18N4O2. The molecule has 0 aliphatic rings. The van der Waals surface area contributed by atoms with Gasteiger partial charge in [-0.3, -0.25) is 4.57 Å². The van der Waals surface area contributed by atoms with Gasteiger partial charge in [0.2, 0.25) is 11.8 Å². The second-order valence-electron chi connectivity index (χ2n) is 4.34. The summed E-state index contributed by atoms with van der Waals surface area (Å²) in [5.41, 5.74) is 7.44. The summed E-state index contributed by atoms with van der Waals surface area (Å²) in [6.45, 7) is 3.48. The first kappa shape index (κ1) is 12.6. The Hall–Kier alpha value is -1.82. The minimum absolute atomic E-state index is 0.336. The Balaban J connectivity index is 2.38. The molecule has 1 unspecified atom stereocenters. The summed E-state index contributed by atoms with van der Waals surface area (Å²) >= 11 is 0. The summed E-state index contributed by atoms with van der Waals surface area (Å²) in [4.78, 5) is 8.67. The number of ether oxygens (including phenoxy) is 2. The van der Waals surface area contributed by atoms with Crippen molar-refractivity contribution in [3.63, 3.8) is 0 Å². The lowest BCUT2D eigenvalue weighted by Crippen LogP contribution is -2.14. The lowest BCUT2D eigenvalue weighted by Gasteiger charge is -2.12. The smallest absolute Gasteiger partial charge is 0.215 e. The molecule has 0 amide bonds. The second kappa shape index (κ2) is 5.22. The van der Waals surface area contributed by atoms with E-state index in [2.05, 4.69) is 16.9 Å². The zero-order chi connectivity index (χ0) is 13.1. The number of nitrogens with zero attached hydrogens (tertiary/aromatic N) is 3.